The molecule has 30 heavy (non-hydrogen) atoms. The van der Waals surface area contributed by atoms with Gasteiger partial charge in [0.1, 0.15) is 0 Å². The SMILES string of the molecule is C=CC(Cl)C/C=C/C(C)=N/N(Cc1ccc(Cl)cc1)/C(=C/C)CCCN.CC.CC. The van der Waals surface area contributed by atoms with Crippen LogP contribution in [0.4, 0.5) is 0 Å². The van der Waals surface area contributed by atoms with Gasteiger partial charge in [0, 0.05) is 10.7 Å². The molecule has 3 nitrogen and oxygen atoms in total. The first-order valence-corrected chi connectivity index (χ1v) is 11.7. The predicted octanol–water partition coefficient (Wildman–Crippen LogP) is 7.95. The number of halogens is 2. The second-order valence-electron chi connectivity index (χ2n) is 5.99. The largest absolute Gasteiger partial charge is 0.330 e. The highest BCUT2D eigenvalue weighted by molar-refractivity contribution is 6.30. The van der Waals surface area contributed by atoms with Crippen molar-refractivity contribution in [3.8, 4) is 0 Å². The van der Waals surface area contributed by atoms with Crippen LogP contribution in [0.1, 0.15) is 66.4 Å². The zero-order chi connectivity index (χ0) is 23.4. The average Bonchev–Trinajstić information content (AvgIpc) is 2.78. The Morgan fingerprint density at radius 3 is 2.30 bits per heavy atom. The molecule has 2 N–H and O–H groups in total. The molecule has 1 rings (SSSR count). The minimum Gasteiger partial charge on any atom is -0.330 e. The highest BCUT2D eigenvalue weighted by Gasteiger charge is 2.09. The Morgan fingerprint density at radius 2 is 1.80 bits per heavy atom. The second-order valence-corrected chi connectivity index (χ2v) is 6.98. The van der Waals surface area contributed by atoms with Crippen molar-refractivity contribution in [3.63, 3.8) is 0 Å². The molecule has 1 aromatic rings. The zero-order valence-corrected chi connectivity index (χ0v) is 21.2. The normalized spacial score (nSPS) is 12.4. The number of alkyl halides is 1. The maximum atomic E-state index is 6.05. The molecule has 5 heteroatoms. The van der Waals surface area contributed by atoms with Crippen molar-refractivity contribution in [3.05, 3.63) is 71.4 Å². The van der Waals surface area contributed by atoms with Crippen LogP contribution in [0.15, 0.2) is 65.9 Å². The summed E-state index contributed by atoms with van der Waals surface area (Å²) in [5.74, 6) is 0. The summed E-state index contributed by atoms with van der Waals surface area (Å²) in [4.78, 5) is 0. The van der Waals surface area contributed by atoms with Crippen molar-refractivity contribution in [2.75, 3.05) is 6.54 Å². The van der Waals surface area contributed by atoms with Gasteiger partial charge in [-0.1, -0.05) is 69.7 Å². The molecular formula is C25H41Cl2N3. The first-order chi connectivity index (χ1) is 14.5. The third kappa shape index (κ3) is 14.4. The summed E-state index contributed by atoms with van der Waals surface area (Å²) in [7, 11) is 0. The van der Waals surface area contributed by atoms with E-state index in [4.69, 9.17) is 34.0 Å². The summed E-state index contributed by atoms with van der Waals surface area (Å²) in [6, 6.07) is 7.84. The van der Waals surface area contributed by atoms with E-state index in [1.807, 2.05) is 83.0 Å². The Bertz CT molecular complexity index is 634. The van der Waals surface area contributed by atoms with Crippen molar-refractivity contribution >= 4 is 28.9 Å². The molecule has 0 aromatic heterocycles. The van der Waals surface area contributed by atoms with Crippen LogP contribution in [0.25, 0.3) is 0 Å². The van der Waals surface area contributed by atoms with Crippen LogP contribution in [-0.4, -0.2) is 22.6 Å². The van der Waals surface area contributed by atoms with Gasteiger partial charge < -0.3 is 5.73 Å². The van der Waals surface area contributed by atoms with Gasteiger partial charge in [0.2, 0.25) is 0 Å². The zero-order valence-electron chi connectivity index (χ0n) is 19.7. The van der Waals surface area contributed by atoms with Gasteiger partial charge in [-0.15, -0.1) is 18.2 Å². The number of hydrogen-bond donors (Lipinski definition) is 1. The lowest BCUT2D eigenvalue weighted by atomic mass is 10.2. The smallest absolute Gasteiger partial charge is 0.0662 e. The molecule has 170 valence electrons. The van der Waals surface area contributed by atoms with Crippen LogP contribution in [0.5, 0.6) is 0 Å². The van der Waals surface area contributed by atoms with Gasteiger partial charge in [0.15, 0.2) is 0 Å². The Labute approximate surface area is 195 Å². The van der Waals surface area contributed by atoms with Crippen LogP contribution < -0.4 is 5.73 Å². The third-order valence-corrected chi connectivity index (χ3v) is 4.41. The number of nitrogens with zero attached hydrogens (tertiary/aromatic N) is 2. The Balaban J connectivity index is 0. The van der Waals surface area contributed by atoms with Crippen molar-refractivity contribution in [1.82, 2.24) is 5.01 Å². The topological polar surface area (TPSA) is 41.6 Å². The van der Waals surface area contributed by atoms with E-state index in [1.165, 1.54) is 0 Å². The quantitative estimate of drug-likeness (QED) is 0.159. The summed E-state index contributed by atoms with van der Waals surface area (Å²) in [6.07, 6.45) is 10.4. The van der Waals surface area contributed by atoms with Crippen molar-refractivity contribution in [2.24, 2.45) is 10.8 Å². The van der Waals surface area contributed by atoms with Gasteiger partial charge in [0.05, 0.1) is 17.6 Å². The molecule has 1 aromatic carbocycles. The van der Waals surface area contributed by atoms with Gasteiger partial charge in [-0.25, -0.2) is 0 Å². The fraction of sp³-hybridized carbons (Fsp3) is 0.480. The van der Waals surface area contributed by atoms with Crippen LogP contribution in [0.3, 0.4) is 0 Å². The van der Waals surface area contributed by atoms with Gasteiger partial charge in [0.25, 0.3) is 0 Å². The number of benzene rings is 1. The Morgan fingerprint density at radius 1 is 1.20 bits per heavy atom. The lowest BCUT2D eigenvalue weighted by Crippen LogP contribution is -2.19. The molecule has 0 aliphatic carbocycles. The molecule has 0 aliphatic heterocycles. The number of allylic oxidation sites excluding steroid dienone is 5. The van der Waals surface area contributed by atoms with Crippen LogP contribution >= 0.6 is 23.2 Å². The average molecular weight is 455 g/mol. The second kappa shape index (κ2) is 20.7. The van der Waals surface area contributed by atoms with E-state index in [2.05, 4.69) is 12.7 Å². The summed E-state index contributed by atoms with van der Waals surface area (Å²) in [5.41, 5.74) is 8.90. The summed E-state index contributed by atoms with van der Waals surface area (Å²) in [6.45, 7) is 17.0. The van der Waals surface area contributed by atoms with Crippen LogP contribution in [0.2, 0.25) is 5.02 Å². The Hall–Kier alpha value is -1.55. The van der Waals surface area contributed by atoms with Gasteiger partial charge in [-0.2, -0.15) is 5.10 Å². The molecule has 0 fully saturated rings. The maximum absolute atomic E-state index is 6.05. The van der Waals surface area contributed by atoms with E-state index in [1.54, 1.807) is 6.08 Å². The van der Waals surface area contributed by atoms with E-state index in [9.17, 15) is 0 Å². The molecule has 0 heterocycles. The lowest BCUT2D eigenvalue weighted by Gasteiger charge is -2.23. The number of hydrogen-bond acceptors (Lipinski definition) is 3. The summed E-state index contributed by atoms with van der Waals surface area (Å²) >= 11 is 12.0. The highest BCUT2D eigenvalue weighted by atomic mass is 35.5. The maximum Gasteiger partial charge on any atom is 0.0662 e. The first kappa shape index (κ1) is 30.6. The minimum atomic E-state index is -0.0557. The molecular weight excluding hydrogens is 413 g/mol. The van der Waals surface area contributed by atoms with Crippen LogP contribution in [0, 0.1) is 0 Å². The van der Waals surface area contributed by atoms with E-state index in [0.29, 0.717) is 13.1 Å². The molecule has 0 radical (unpaired) electrons. The highest BCUT2D eigenvalue weighted by Crippen LogP contribution is 2.18. The lowest BCUT2D eigenvalue weighted by molar-refractivity contribution is 0.340. The molecule has 0 saturated heterocycles. The first-order valence-electron chi connectivity index (χ1n) is 10.9. The molecule has 1 unspecified atom stereocenters. The molecule has 0 bridgehead atoms. The third-order valence-electron chi connectivity index (χ3n) is 3.80. The van der Waals surface area contributed by atoms with Crippen molar-refractivity contribution in [2.45, 2.75) is 72.7 Å². The number of hydrazone groups is 1. The van der Waals surface area contributed by atoms with E-state index >= 15 is 0 Å². The van der Waals surface area contributed by atoms with Gasteiger partial charge >= 0.3 is 0 Å². The molecule has 0 saturated carbocycles. The molecule has 0 spiro atoms. The fourth-order valence-corrected chi connectivity index (χ4v) is 2.59. The van der Waals surface area contributed by atoms with Crippen molar-refractivity contribution < 1.29 is 0 Å². The summed E-state index contributed by atoms with van der Waals surface area (Å²) in [5, 5.41) is 7.50. The van der Waals surface area contributed by atoms with Gasteiger partial charge in [-0.05, 0) is 63.4 Å². The number of nitrogens with two attached hydrogens (primary N) is 1. The van der Waals surface area contributed by atoms with Crippen molar-refractivity contribution in [1.29, 1.82) is 0 Å². The molecule has 0 aliphatic rings. The van der Waals surface area contributed by atoms with Crippen LogP contribution in [-0.2, 0) is 6.54 Å². The van der Waals surface area contributed by atoms with Gasteiger partial charge in [-0.3, -0.25) is 5.01 Å². The monoisotopic (exact) mass is 453 g/mol. The fourth-order valence-electron chi connectivity index (χ4n) is 2.36. The number of rotatable bonds is 11. The van der Waals surface area contributed by atoms with E-state index in [-0.39, 0.29) is 5.38 Å². The molecule has 0 amide bonds. The minimum absolute atomic E-state index is 0.0557. The predicted molar refractivity (Wildman–Crippen MR) is 138 cm³/mol. The summed E-state index contributed by atoms with van der Waals surface area (Å²) < 4.78 is 0. The Kier molecular flexibility index (Phi) is 21.2. The standard InChI is InChI=1S/C21H29Cl2N3.2C2H6/c1-4-19(22)9-6-8-17(3)25-26(21(5-2)10-7-15-24)16-18-11-13-20(23)14-12-18;2*1-2/h4-6,8,11-14,19H,1,7,9-10,15-16,24H2,2-3H3;2*1-2H3/b8-6+,21-5+,25-17+;;. The van der Waals surface area contributed by atoms with E-state index in [0.717, 1.165) is 41.3 Å². The van der Waals surface area contributed by atoms with E-state index < -0.39 is 0 Å². The molecule has 1 atom stereocenters.